The normalized spacial score (nSPS) is 29.4. The maximum absolute atomic E-state index is 12.5. The fraction of sp³-hybridized carbons (Fsp3) is 0.423. The number of fused-ring (bicyclic) bond motifs is 4. The van der Waals surface area contributed by atoms with Crippen molar-refractivity contribution in [1.29, 1.82) is 0 Å². The van der Waals surface area contributed by atoms with Crippen molar-refractivity contribution in [1.82, 2.24) is 9.88 Å². The Balaban J connectivity index is 1.36. The van der Waals surface area contributed by atoms with Crippen LogP contribution in [0.2, 0.25) is 0 Å². The molecule has 1 unspecified atom stereocenters. The number of nitrogens with one attached hydrogen (secondary N) is 1. The van der Waals surface area contributed by atoms with E-state index in [4.69, 9.17) is 4.74 Å². The molecule has 4 bridgehead atoms. The first-order valence-corrected chi connectivity index (χ1v) is 11.4. The summed E-state index contributed by atoms with van der Waals surface area (Å²) in [6.45, 7) is 4.78. The molecule has 3 aromatic rings. The summed E-state index contributed by atoms with van der Waals surface area (Å²) in [6.07, 6.45) is 5.07. The molecule has 3 aliphatic heterocycles. The van der Waals surface area contributed by atoms with E-state index in [-0.39, 0.29) is 5.97 Å². The Bertz CT molecular complexity index is 1100. The highest BCUT2D eigenvalue weighted by Crippen LogP contribution is 2.51. The Kier molecular flexibility index (Phi) is 4.24. The molecule has 4 heterocycles. The Hall–Kier alpha value is -2.59. The van der Waals surface area contributed by atoms with E-state index in [0.29, 0.717) is 23.3 Å². The molecule has 1 aliphatic carbocycles. The second kappa shape index (κ2) is 6.98. The molecule has 0 spiro atoms. The summed E-state index contributed by atoms with van der Waals surface area (Å²) in [5.41, 5.74) is 4.64. The summed E-state index contributed by atoms with van der Waals surface area (Å²) in [7, 11) is 0. The minimum Gasteiger partial charge on any atom is -0.423 e. The van der Waals surface area contributed by atoms with Crippen molar-refractivity contribution in [3.63, 3.8) is 0 Å². The SMILES string of the molecule is CC[C@@H]1C[C@H]2C[C@H]3c4[nH]c5ccc(OC(=O)c6ccccc6)cc5c4CCN(C2)[C@@H]13. The van der Waals surface area contributed by atoms with Crippen molar-refractivity contribution >= 4 is 16.9 Å². The van der Waals surface area contributed by atoms with Crippen molar-refractivity contribution in [3.05, 3.63) is 65.4 Å². The summed E-state index contributed by atoms with van der Waals surface area (Å²) < 4.78 is 5.71. The highest BCUT2D eigenvalue weighted by Gasteiger charge is 2.48. The van der Waals surface area contributed by atoms with Gasteiger partial charge in [0.1, 0.15) is 5.75 Å². The van der Waals surface area contributed by atoms with Crippen LogP contribution in [0.4, 0.5) is 0 Å². The van der Waals surface area contributed by atoms with Gasteiger partial charge in [0.2, 0.25) is 0 Å². The van der Waals surface area contributed by atoms with Gasteiger partial charge in [-0.25, -0.2) is 4.79 Å². The quantitative estimate of drug-likeness (QED) is 0.489. The Morgan fingerprint density at radius 2 is 2.03 bits per heavy atom. The number of carbonyl (C=O) groups is 1. The van der Waals surface area contributed by atoms with Crippen LogP contribution in [0.5, 0.6) is 5.75 Å². The second-order valence-electron chi connectivity index (χ2n) is 9.33. The van der Waals surface area contributed by atoms with Crippen LogP contribution in [-0.4, -0.2) is 35.0 Å². The summed E-state index contributed by atoms with van der Waals surface area (Å²) in [5.74, 6) is 2.59. The number of benzene rings is 2. The zero-order valence-electron chi connectivity index (χ0n) is 17.4. The number of H-pyrrole nitrogens is 1. The molecule has 0 radical (unpaired) electrons. The fourth-order valence-electron chi connectivity index (χ4n) is 6.48. The van der Waals surface area contributed by atoms with Crippen LogP contribution in [0, 0.1) is 11.8 Å². The van der Waals surface area contributed by atoms with Crippen LogP contribution in [0.1, 0.15) is 53.7 Å². The number of aromatic nitrogens is 1. The van der Waals surface area contributed by atoms with Gasteiger partial charge in [-0.3, -0.25) is 4.90 Å². The molecule has 5 atom stereocenters. The summed E-state index contributed by atoms with van der Waals surface area (Å²) in [4.78, 5) is 19.1. The van der Waals surface area contributed by atoms with Gasteiger partial charge in [-0.15, -0.1) is 0 Å². The number of hydrogen-bond donors (Lipinski definition) is 1. The first-order valence-electron chi connectivity index (χ1n) is 11.4. The monoisotopic (exact) mass is 400 g/mol. The Morgan fingerprint density at radius 1 is 1.17 bits per heavy atom. The molecule has 1 N–H and O–H groups in total. The average molecular weight is 401 g/mol. The smallest absolute Gasteiger partial charge is 0.343 e. The predicted octanol–water partition coefficient (Wildman–Crippen LogP) is 5.15. The number of rotatable bonds is 3. The minimum atomic E-state index is -0.304. The molecule has 4 aliphatic rings. The number of piperidine rings is 2. The van der Waals surface area contributed by atoms with Crippen LogP contribution in [0.25, 0.3) is 10.9 Å². The lowest BCUT2D eigenvalue weighted by Crippen LogP contribution is -2.56. The summed E-state index contributed by atoms with van der Waals surface area (Å²) in [5, 5.41) is 1.22. The van der Waals surface area contributed by atoms with Crippen molar-refractivity contribution < 1.29 is 9.53 Å². The van der Waals surface area contributed by atoms with Crippen molar-refractivity contribution in [2.75, 3.05) is 13.1 Å². The molecule has 1 aromatic heterocycles. The van der Waals surface area contributed by atoms with E-state index in [0.717, 1.165) is 24.8 Å². The van der Waals surface area contributed by atoms with E-state index in [1.165, 1.54) is 48.0 Å². The van der Waals surface area contributed by atoms with Crippen molar-refractivity contribution in [3.8, 4) is 5.75 Å². The fourth-order valence-corrected chi connectivity index (χ4v) is 6.48. The Labute approximate surface area is 177 Å². The Morgan fingerprint density at radius 3 is 2.87 bits per heavy atom. The third-order valence-corrected chi connectivity index (χ3v) is 7.71. The standard InChI is InChI=1S/C26H28N2O2/c1-2-17-12-16-13-22-24-20(10-11-28(15-16)25(17)22)21-14-19(8-9-23(21)27-24)30-26(29)18-6-4-3-5-7-18/h3-9,14,16-17,22,25,27H,2,10-13,15H2,1H3/t16-,17+,22-,25-/m0/s1. The van der Waals surface area contributed by atoms with Gasteiger partial charge in [0.15, 0.2) is 0 Å². The molecule has 2 saturated heterocycles. The molecule has 30 heavy (non-hydrogen) atoms. The molecule has 3 fully saturated rings. The van der Waals surface area contributed by atoms with Gasteiger partial charge in [-0.05, 0) is 67.0 Å². The van der Waals surface area contributed by atoms with Gasteiger partial charge in [0, 0.05) is 41.6 Å². The molecule has 154 valence electrons. The minimum absolute atomic E-state index is 0.304. The molecule has 4 nitrogen and oxygen atoms in total. The van der Waals surface area contributed by atoms with E-state index in [1.54, 1.807) is 12.1 Å². The van der Waals surface area contributed by atoms with Crippen LogP contribution in [0.15, 0.2) is 48.5 Å². The predicted molar refractivity (Wildman–Crippen MR) is 118 cm³/mol. The zero-order valence-corrected chi connectivity index (χ0v) is 17.4. The number of esters is 1. The van der Waals surface area contributed by atoms with Gasteiger partial charge >= 0.3 is 5.97 Å². The van der Waals surface area contributed by atoms with Crippen LogP contribution >= 0.6 is 0 Å². The van der Waals surface area contributed by atoms with Gasteiger partial charge < -0.3 is 9.72 Å². The molecule has 4 heteroatoms. The lowest BCUT2D eigenvalue weighted by molar-refractivity contribution is -0.0134. The van der Waals surface area contributed by atoms with E-state index >= 15 is 0 Å². The second-order valence-corrected chi connectivity index (χ2v) is 9.33. The van der Waals surface area contributed by atoms with E-state index in [1.807, 2.05) is 24.3 Å². The molecular formula is C26H28N2O2. The van der Waals surface area contributed by atoms with E-state index in [9.17, 15) is 4.79 Å². The van der Waals surface area contributed by atoms with Gasteiger partial charge in [0.25, 0.3) is 0 Å². The first-order chi connectivity index (χ1) is 14.7. The summed E-state index contributed by atoms with van der Waals surface area (Å²) in [6, 6.07) is 15.9. The lowest BCUT2D eigenvalue weighted by Gasteiger charge is -2.53. The molecule has 1 saturated carbocycles. The molecular weight excluding hydrogens is 372 g/mol. The van der Waals surface area contributed by atoms with Crippen LogP contribution in [-0.2, 0) is 6.42 Å². The van der Waals surface area contributed by atoms with Crippen LogP contribution in [0.3, 0.4) is 0 Å². The molecule has 7 rings (SSSR count). The first kappa shape index (κ1) is 18.2. The van der Waals surface area contributed by atoms with Crippen LogP contribution < -0.4 is 4.74 Å². The van der Waals surface area contributed by atoms with E-state index < -0.39 is 0 Å². The number of nitrogens with zero attached hydrogens (tertiary/aromatic N) is 1. The van der Waals surface area contributed by atoms with Gasteiger partial charge in [-0.2, -0.15) is 0 Å². The number of carbonyl (C=O) groups excluding carboxylic acids is 1. The lowest BCUT2D eigenvalue weighted by atomic mass is 9.65. The summed E-state index contributed by atoms with van der Waals surface area (Å²) >= 11 is 0. The van der Waals surface area contributed by atoms with Gasteiger partial charge in [-0.1, -0.05) is 31.5 Å². The topological polar surface area (TPSA) is 45.3 Å². The third kappa shape index (κ3) is 2.81. The number of hydrogen-bond acceptors (Lipinski definition) is 3. The van der Waals surface area contributed by atoms with Gasteiger partial charge in [0.05, 0.1) is 5.56 Å². The highest BCUT2D eigenvalue weighted by molar-refractivity contribution is 5.92. The average Bonchev–Trinajstić information content (AvgIpc) is 3.10. The largest absolute Gasteiger partial charge is 0.423 e. The highest BCUT2D eigenvalue weighted by atomic mass is 16.5. The van der Waals surface area contributed by atoms with E-state index in [2.05, 4.69) is 28.9 Å². The third-order valence-electron chi connectivity index (χ3n) is 7.71. The maximum atomic E-state index is 12.5. The van der Waals surface area contributed by atoms with Crippen molar-refractivity contribution in [2.24, 2.45) is 11.8 Å². The number of aromatic amines is 1. The molecule has 0 amide bonds. The number of ether oxygens (including phenoxy) is 1. The maximum Gasteiger partial charge on any atom is 0.343 e. The van der Waals surface area contributed by atoms with Crippen molar-refractivity contribution in [2.45, 2.75) is 44.6 Å². The zero-order chi connectivity index (χ0) is 20.2. The molecule has 2 aromatic carbocycles.